The average Bonchev–Trinajstić information content (AvgIpc) is 2.85. The Bertz CT molecular complexity index is 333. The maximum Gasteiger partial charge on any atom is 0.318 e. The van der Waals surface area contributed by atoms with Gasteiger partial charge in [-0.15, -0.1) is 5.10 Å². The zero-order chi connectivity index (χ0) is 12.1. The molecular weight excluding hydrogens is 216 g/mol. The van der Waals surface area contributed by atoms with Crippen LogP contribution in [-0.2, 0) is 6.54 Å². The van der Waals surface area contributed by atoms with E-state index in [1.165, 1.54) is 32.1 Å². The Morgan fingerprint density at radius 1 is 1.29 bits per heavy atom. The second kappa shape index (κ2) is 6.00. The van der Waals surface area contributed by atoms with Crippen molar-refractivity contribution >= 4 is 6.01 Å². The molecule has 0 bridgehead atoms. The third kappa shape index (κ3) is 3.19. The monoisotopic (exact) mass is 238 g/mol. The molecule has 5 nitrogen and oxygen atoms in total. The van der Waals surface area contributed by atoms with E-state index < -0.39 is 0 Å². The Kier molecular flexibility index (Phi) is 4.36. The number of hydrogen-bond acceptors (Lipinski definition) is 5. The van der Waals surface area contributed by atoms with Crippen LogP contribution in [0.25, 0.3) is 0 Å². The maximum atomic E-state index is 5.64. The van der Waals surface area contributed by atoms with Gasteiger partial charge in [0.05, 0.1) is 6.54 Å². The smallest absolute Gasteiger partial charge is 0.318 e. The third-order valence-electron chi connectivity index (χ3n) is 3.41. The summed E-state index contributed by atoms with van der Waals surface area (Å²) in [6.07, 6.45) is 6.46. The number of rotatable bonds is 5. The van der Waals surface area contributed by atoms with E-state index >= 15 is 0 Å². The van der Waals surface area contributed by atoms with Gasteiger partial charge in [0, 0.05) is 13.1 Å². The van der Waals surface area contributed by atoms with Crippen LogP contribution in [-0.4, -0.2) is 29.8 Å². The molecule has 1 saturated carbocycles. The highest BCUT2D eigenvalue weighted by molar-refractivity contribution is 5.24. The summed E-state index contributed by atoms with van der Waals surface area (Å²) in [5.41, 5.74) is 0. The minimum Gasteiger partial charge on any atom is -0.407 e. The molecule has 0 unspecified atom stereocenters. The normalized spacial score (nSPS) is 17.3. The predicted molar refractivity (Wildman–Crippen MR) is 67.0 cm³/mol. The Morgan fingerprint density at radius 3 is 2.76 bits per heavy atom. The number of anilines is 1. The van der Waals surface area contributed by atoms with Crippen molar-refractivity contribution < 1.29 is 4.42 Å². The molecule has 0 spiro atoms. The van der Waals surface area contributed by atoms with Gasteiger partial charge in [0.25, 0.3) is 0 Å². The van der Waals surface area contributed by atoms with Gasteiger partial charge < -0.3 is 14.6 Å². The van der Waals surface area contributed by atoms with Crippen LogP contribution in [0, 0.1) is 0 Å². The quantitative estimate of drug-likeness (QED) is 0.849. The molecule has 1 N–H and O–H groups in total. The first-order valence-electron chi connectivity index (χ1n) is 6.57. The SMILES string of the molecule is CCNCc1nnc(N(C)C2CCCCC2)o1. The summed E-state index contributed by atoms with van der Waals surface area (Å²) in [5, 5.41) is 11.3. The van der Waals surface area contributed by atoms with Crippen molar-refractivity contribution in [1.82, 2.24) is 15.5 Å². The molecule has 1 heterocycles. The molecule has 2 rings (SSSR count). The van der Waals surface area contributed by atoms with E-state index in [2.05, 4.69) is 34.4 Å². The van der Waals surface area contributed by atoms with Gasteiger partial charge in [0.1, 0.15) is 0 Å². The average molecular weight is 238 g/mol. The summed E-state index contributed by atoms with van der Waals surface area (Å²) in [5.74, 6) is 0.671. The van der Waals surface area contributed by atoms with Crippen LogP contribution in [0.15, 0.2) is 4.42 Å². The van der Waals surface area contributed by atoms with Crippen molar-refractivity contribution in [3.8, 4) is 0 Å². The molecule has 1 aromatic rings. The van der Waals surface area contributed by atoms with Gasteiger partial charge in [0.15, 0.2) is 0 Å². The Labute approximate surface area is 103 Å². The summed E-state index contributed by atoms with van der Waals surface area (Å²) in [6, 6.07) is 1.22. The largest absolute Gasteiger partial charge is 0.407 e. The second-order valence-corrected chi connectivity index (χ2v) is 4.66. The fourth-order valence-electron chi connectivity index (χ4n) is 2.32. The Balaban J connectivity index is 1.93. The first kappa shape index (κ1) is 12.4. The van der Waals surface area contributed by atoms with Crippen LogP contribution >= 0.6 is 0 Å². The van der Waals surface area contributed by atoms with Crippen molar-refractivity contribution in [2.45, 2.75) is 51.6 Å². The van der Waals surface area contributed by atoms with Crippen LogP contribution in [0.2, 0.25) is 0 Å². The number of nitrogens with zero attached hydrogens (tertiary/aromatic N) is 3. The number of aromatic nitrogens is 2. The molecule has 0 aliphatic heterocycles. The summed E-state index contributed by atoms with van der Waals surface area (Å²) in [6.45, 7) is 3.63. The van der Waals surface area contributed by atoms with Crippen molar-refractivity contribution in [1.29, 1.82) is 0 Å². The minimum absolute atomic E-state index is 0.566. The van der Waals surface area contributed by atoms with Crippen LogP contribution in [0.1, 0.15) is 44.9 Å². The van der Waals surface area contributed by atoms with E-state index in [4.69, 9.17) is 4.42 Å². The molecule has 1 aromatic heterocycles. The fourth-order valence-corrected chi connectivity index (χ4v) is 2.32. The van der Waals surface area contributed by atoms with Gasteiger partial charge >= 0.3 is 6.01 Å². The van der Waals surface area contributed by atoms with Crippen molar-refractivity contribution in [3.05, 3.63) is 5.89 Å². The second-order valence-electron chi connectivity index (χ2n) is 4.66. The predicted octanol–water partition coefficient (Wildman–Crippen LogP) is 1.95. The summed E-state index contributed by atoms with van der Waals surface area (Å²) in [4.78, 5) is 2.14. The first-order valence-corrected chi connectivity index (χ1v) is 6.57. The summed E-state index contributed by atoms with van der Waals surface area (Å²) in [7, 11) is 2.06. The lowest BCUT2D eigenvalue weighted by Gasteiger charge is -2.29. The molecule has 0 aromatic carbocycles. The Hall–Kier alpha value is -1.10. The first-order chi connectivity index (χ1) is 8.31. The summed E-state index contributed by atoms with van der Waals surface area (Å²) >= 11 is 0. The molecule has 0 saturated heterocycles. The van der Waals surface area contributed by atoms with E-state index in [1.54, 1.807) is 0 Å². The third-order valence-corrected chi connectivity index (χ3v) is 3.41. The maximum absolute atomic E-state index is 5.64. The lowest BCUT2D eigenvalue weighted by molar-refractivity contribution is 0.396. The minimum atomic E-state index is 0.566. The van der Waals surface area contributed by atoms with Crippen LogP contribution in [0.4, 0.5) is 6.01 Å². The molecule has 17 heavy (non-hydrogen) atoms. The van der Waals surface area contributed by atoms with Crippen LogP contribution < -0.4 is 10.2 Å². The van der Waals surface area contributed by atoms with Gasteiger partial charge in [-0.2, -0.15) is 0 Å². The van der Waals surface area contributed by atoms with Crippen LogP contribution in [0.3, 0.4) is 0 Å². The fraction of sp³-hybridized carbons (Fsp3) is 0.833. The molecular formula is C12H22N4O. The molecule has 0 amide bonds. The zero-order valence-electron chi connectivity index (χ0n) is 10.8. The molecule has 5 heteroatoms. The van der Waals surface area contributed by atoms with Gasteiger partial charge in [-0.05, 0) is 19.4 Å². The van der Waals surface area contributed by atoms with E-state index in [0.29, 0.717) is 24.5 Å². The number of hydrogen-bond donors (Lipinski definition) is 1. The lowest BCUT2D eigenvalue weighted by Crippen LogP contribution is -2.33. The van der Waals surface area contributed by atoms with Crippen molar-refractivity contribution in [2.75, 3.05) is 18.5 Å². The lowest BCUT2D eigenvalue weighted by atomic mass is 9.95. The molecule has 0 radical (unpaired) electrons. The van der Waals surface area contributed by atoms with E-state index in [-0.39, 0.29) is 0 Å². The Morgan fingerprint density at radius 2 is 2.06 bits per heavy atom. The van der Waals surface area contributed by atoms with Gasteiger partial charge in [-0.25, -0.2) is 0 Å². The van der Waals surface area contributed by atoms with Crippen LogP contribution in [0.5, 0.6) is 0 Å². The van der Waals surface area contributed by atoms with E-state index in [9.17, 15) is 0 Å². The molecule has 1 aliphatic rings. The van der Waals surface area contributed by atoms with Gasteiger partial charge in [-0.3, -0.25) is 0 Å². The zero-order valence-corrected chi connectivity index (χ0v) is 10.8. The highest BCUT2D eigenvalue weighted by atomic mass is 16.4. The molecule has 1 aliphatic carbocycles. The van der Waals surface area contributed by atoms with Gasteiger partial charge in [-0.1, -0.05) is 31.3 Å². The highest BCUT2D eigenvalue weighted by Gasteiger charge is 2.21. The number of nitrogens with one attached hydrogen (secondary N) is 1. The van der Waals surface area contributed by atoms with Gasteiger partial charge in [0.2, 0.25) is 5.89 Å². The van der Waals surface area contributed by atoms with Crippen molar-refractivity contribution in [2.24, 2.45) is 0 Å². The topological polar surface area (TPSA) is 54.2 Å². The standard InChI is InChI=1S/C12H22N4O/c1-3-13-9-11-14-15-12(17-11)16(2)10-7-5-4-6-8-10/h10,13H,3-9H2,1-2H3. The summed E-state index contributed by atoms with van der Waals surface area (Å²) < 4.78 is 5.64. The molecule has 1 fully saturated rings. The van der Waals surface area contributed by atoms with E-state index in [1.807, 2.05) is 0 Å². The highest BCUT2D eigenvalue weighted by Crippen LogP contribution is 2.25. The molecule has 96 valence electrons. The van der Waals surface area contributed by atoms with E-state index in [0.717, 1.165) is 6.54 Å². The van der Waals surface area contributed by atoms with Crippen molar-refractivity contribution in [3.63, 3.8) is 0 Å². The molecule has 0 atom stereocenters.